The van der Waals surface area contributed by atoms with E-state index in [2.05, 4.69) is 4.98 Å². The van der Waals surface area contributed by atoms with Crippen LogP contribution in [-0.4, -0.2) is 16.9 Å². The quantitative estimate of drug-likeness (QED) is 0.241. The summed E-state index contributed by atoms with van der Waals surface area (Å²) in [5.41, 5.74) is 1.03. The molecular weight excluding hydrogens is 418 g/mol. The van der Waals surface area contributed by atoms with Gasteiger partial charge in [-0.2, -0.15) is 0 Å². The van der Waals surface area contributed by atoms with Crippen LogP contribution in [0.2, 0.25) is 0 Å². The number of hydrogen-bond donors (Lipinski definition) is 1. The number of carbonyl (C=O) groups is 2. The van der Waals surface area contributed by atoms with Crippen molar-refractivity contribution in [3.8, 4) is 11.5 Å². The minimum absolute atomic E-state index is 0.273. The first-order valence-electron chi connectivity index (χ1n) is 10.2. The van der Waals surface area contributed by atoms with Crippen LogP contribution >= 0.6 is 0 Å². The minimum atomic E-state index is -0.503. The second kappa shape index (κ2) is 8.43. The van der Waals surface area contributed by atoms with Crippen LogP contribution in [0, 0.1) is 0 Å². The molecule has 6 heteroatoms. The fourth-order valence-electron chi connectivity index (χ4n) is 3.60. The molecule has 0 bridgehead atoms. The lowest BCUT2D eigenvalue weighted by molar-refractivity contribution is 0.0725. The van der Waals surface area contributed by atoms with E-state index >= 15 is 0 Å². The van der Waals surface area contributed by atoms with Crippen LogP contribution in [0.25, 0.3) is 21.7 Å². The molecule has 0 aliphatic carbocycles. The van der Waals surface area contributed by atoms with Crippen molar-refractivity contribution in [1.29, 1.82) is 0 Å². The van der Waals surface area contributed by atoms with Gasteiger partial charge in [0, 0.05) is 11.5 Å². The van der Waals surface area contributed by atoms with Crippen LogP contribution in [0.4, 0.5) is 0 Å². The molecular formula is C27H17NO5. The molecule has 1 aromatic heterocycles. The SMILES string of the molecule is O=C(Oc1ccc2c(c1)[nH]c(=O)c1cc(OC(=O)c3ccccc3)ccc12)c1ccccc1. The second-order valence-electron chi connectivity index (χ2n) is 7.38. The van der Waals surface area contributed by atoms with Crippen molar-refractivity contribution >= 4 is 33.6 Å². The van der Waals surface area contributed by atoms with Crippen molar-refractivity contribution in [1.82, 2.24) is 4.98 Å². The van der Waals surface area contributed by atoms with Crippen molar-refractivity contribution in [3.05, 3.63) is 119 Å². The summed E-state index contributed by atoms with van der Waals surface area (Å²) in [6.07, 6.45) is 0. The fourth-order valence-corrected chi connectivity index (χ4v) is 3.60. The normalized spacial score (nSPS) is 10.8. The molecule has 0 amide bonds. The van der Waals surface area contributed by atoms with Crippen LogP contribution in [0.1, 0.15) is 20.7 Å². The van der Waals surface area contributed by atoms with Gasteiger partial charge in [0.1, 0.15) is 11.5 Å². The number of pyridine rings is 1. The predicted molar refractivity (Wildman–Crippen MR) is 125 cm³/mol. The molecule has 1 N–H and O–H groups in total. The summed E-state index contributed by atoms with van der Waals surface area (Å²) in [6.45, 7) is 0. The maximum Gasteiger partial charge on any atom is 0.343 e. The number of benzene rings is 4. The third-order valence-corrected chi connectivity index (χ3v) is 5.21. The molecule has 0 radical (unpaired) electrons. The topological polar surface area (TPSA) is 85.5 Å². The van der Waals surface area contributed by atoms with Crippen LogP contribution in [0.5, 0.6) is 11.5 Å². The Morgan fingerprint density at radius 3 is 1.67 bits per heavy atom. The molecule has 0 aliphatic rings. The van der Waals surface area contributed by atoms with Gasteiger partial charge in [0.05, 0.1) is 22.0 Å². The van der Waals surface area contributed by atoms with E-state index in [1.165, 1.54) is 6.07 Å². The van der Waals surface area contributed by atoms with Crippen LogP contribution in [0.15, 0.2) is 102 Å². The van der Waals surface area contributed by atoms with Crippen molar-refractivity contribution in [3.63, 3.8) is 0 Å². The van der Waals surface area contributed by atoms with Crippen LogP contribution < -0.4 is 15.0 Å². The summed E-state index contributed by atoms with van der Waals surface area (Å²) in [5, 5.41) is 1.84. The highest BCUT2D eigenvalue weighted by Gasteiger charge is 2.13. The smallest absolute Gasteiger partial charge is 0.343 e. The summed E-state index contributed by atoms with van der Waals surface area (Å²) >= 11 is 0. The van der Waals surface area contributed by atoms with Gasteiger partial charge in [0.25, 0.3) is 5.56 Å². The first-order chi connectivity index (χ1) is 16.1. The van der Waals surface area contributed by atoms with E-state index in [-0.39, 0.29) is 11.3 Å². The lowest BCUT2D eigenvalue weighted by Crippen LogP contribution is -2.10. The molecule has 6 nitrogen and oxygen atoms in total. The predicted octanol–water partition coefficient (Wildman–Crippen LogP) is 5.12. The summed E-state index contributed by atoms with van der Waals surface area (Å²) in [5.74, 6) is -0.394. The van der Waals surface area contributed by atoms with Gasteiger partial charge in [-0.1, -0.05) is 36.4 Å². The van der Waals surface area contributed by atoms with Crippen molar-refractivity contribution in [2.24, 2.45) is 0 Å². The lowest BCUT2D eigenvalue weighted by atomic mass is 10.1. The third-order valence-electron chi connectivity index (χ3n) is 5.21. The van der Waals surface area contributed by atoms with Crippen molar-refractivity contribution in [2.45, 2.75) is 0 Å². The highest BCUT2D eigenvalue weighted by molar-refractivity contribution is 6.06. The zero-order chi connectivity index (χ0) is 22.8. The molecule has 4 aromatic carbocycles. The molecule has 0 fully saturated rings. The number of hydrogen-bond acceptors (Lipinski definition) is 5. The van der Waals surface area contributed by atoms with Crippen LogP contribution in [-0.2, 0) is 0 Å². The molecule has 5 rings (SSSR count). The fraction of sp³-hybridized carbons (Fsp3) is 0. The van der Waals surface area contributed by atoms with E-state index in [1.807, 2.05) is 12.1 Å². The standard InChI is InChI=1S/C27H17NO5/c29-25-23-15-19(32-26(30)17-7-3-1-4-8-17)11-13-21(23)22-14-12-20(16-24(22)28-25)33-27(31)18-9-5-2-6-10-18/h1-16H,(H,28,29). The molecule has 0 unspecified atom stereocenters. The van der Waals surface area contributed by atoms with Crippen LogP contribution in [0.3, 0.4) is 0 Å². The van der Waals surface area contributed by atoms with Gasteiger partial charge in [-0.15, -0.1) is 0 Å². The Bertz CT molecular complexity index is 1560. The Labute approximate surface area is 188 Å². The molecule has 0 aliphatic heterocycles. The van der Waals surface area contributed by atoms with E-state index in [4.69, 9.17) is 9.47 Å². The Morgan fingerprint density at radius 2 is 1.09 bits per heavy atom. The first-order valence-corrected chi connectivity index (χ1v) is 10.2. The summed E-state index contributed by atoms with van der Waals surface area (Å²) in [7, 11) is 0. The van der Waals surface area contributed by atoms with E-state index in [0.29, 0.717) is 33.2 Å². The van der Waals surface area contributed by atoms with Gasteiger partial charge < -0.3 is 14.5 Å². The van der Waals surface area contributed by atoms with Crippen molar-refractivity contribution in [2.75, 3.05) is 0 Å². The number of nitrogens with one attached hydrogen (secondary N) is 1. The summed E-state index contributed by atoms with van der Waals surface area (Å²) in [4.78, 5) is 40.2. The van der Waals surface area contributed by atoms with E-state index in [0.717, 1.165) is 5.39 Å². The zero-order valence-electron chi connectivity index (χ0n) is 17.3. The maximum absolute atomic E-state index is 12.8. The highest BCUT2D eigenvalue weighted by Crippen LogP contribution is 2.28. The summed E-state index contributed by atoms with van der Waals surface area (Å²) in [6, 6.07) is 27.3. The molecule has 33 heavy (non-hydrogen) atoms. The number of aromatic nitrogens is 1. The van der Waals surface area contributed by atoms with E-state index < -0.39 is 11.9 Å². The molecule has 160 valence electrons. The maximum atomic E-state index is 12.8. The highest BCUT2D eigenvalue weighted by atomic mass is 16.5. The monoisotopic (exact) mass is 435 g/mol. The molecule has 1 heterocycles. The molecule has 0 saturated carbocycles. The Hall–Kier alpha value is -4.71. The molecule has 0 saturated heterocycles. The van der Waals surface area contributed by atoms with Gasteiger partial charge in [-0.3, -0.25) is 4.79 Å². The number of ether oxygens (including phenoxy) is 2. The Balaban J connectivity index is 1.46. The van der Waals surface area contributed by atoms with Gasteiger partial charge in [-0.25, -0.2) is 9.59 Å². The lowest BCUT2D eigenvalue weighted by Gasteiger charge is -2.09. The number of H-pyrrole nitrogens is 1. The number of esters is 2. The Morgan fingerprint density at radius 1 is 0.576 bits per heavy atom. The van der Waals surface area contributed by atoms with Crippen molar-refractivity contribution < 1.29 is 19.1 Å². The van der Waals surface area contributed by atoms with Gasteiger partial charge in [0.2, 0.25) is 0 Å². The Kier molecular flexibility index (Phi) is 5.16. The third kappa shape index (κ3) is 4.09. The van der Waals surface area contributed by atoms with Gasteiger partial charge in [0.15, 0.2) is 0 Å². The van der Waals surface area contributed by atoms with Gasteiger partial charge in [-0.05, 0) is 60.0 Å². The number of aromatic amines is 1. The molecule has 5 aromatic rings. The second-order valence-corrected chi connectivity index (χ2v) is 7.38. The zero-order valence-corrected chi connectivity index (χ0v) is 17.3. The molecule has 0 atom stereocenters. The number of rotatable bonds is 4. The van der Waals surface area contributed by atoms with E-state index in [1.54, 1.807) is 78.9 Å². The molecule has 0 spiro atoms. The van der Waals surface area contributed by atoms with E-state index in [9.17, 15) is 14.4 Å². The largest absolute Gasteiger partial charge is 0.423 e. The average Bonchev–Trinajstić information content (AvgIpc) is 2.85. The summed E-state index contributed by atoms with van der Waals surface area (Å²) < 4.78 is 10.9. The number of carbonyl (C=O) groups excluding carboxylic acids is 2. The first kappa shape index (κ1) is 20.2. The average molecular weight is 435 g/mol. The number of fused-ring (bicyclic) bond motifs is 3. The minimum Gasteiger partial charge on any atom is -0.423 e. The van der Waals surface area contributed by atoms with Gasteiger partial charge >= 0.3 is 11.9 Å².